The van der Waals surface area contributed by atoms with E-state index in [2.05, 4.69) is 0 Å². The molecule has 0 saturated carbocycles. The monoisotopic (exact) mass is 407 g/mol. The lowest BCUT2D eigenvalue weighted by atomic mass is 9.83. The SMILES string of the molecule is COC(=O)C1=C(C(=O)OC)N(c2cccc3c2C(=O)c2ccccc2C3=O)COC1. The van der Waals surface area contributed by atoms with Crippen molar-refractivity contribution >= 4 is 29.2 Å². The number of anilines is 1. The predicted octanol–water partition coefficient (Wildman–Crippen LogP) is 1.86. The maximum atomic E-state index is 13.3. The van der Waals surface area contributed by atoms with E-state index in [-0.39, 0.29) is 58.6 Å². The van der Waals surface area contributed by atoms with Gasteiger partial charge in [0.25, 0.3) is 0 Å². The summed E-state index contributed by atoms with van der Waals surface area (Å²) in [5, 5.41) is 0. The summed E-state index contributed by atoms with van der Waals surface area (Å²) in [6.07, 6.45) is 0. The van der Waals surface area contributed by atoms with E-state index in [1.165, 1.54) is 19.1 Å². The number of carbonyl (C=O) groups is 4. The molecule has 4 rings (SSSR count). The van der Waals surface area contributed by atoms with Gasteiger partial charge in [-0.25, -0.2) is 9.59 Å². The van der Waals surface area contributed by atoms with Crippen molar-refractivity contribution in [2.45, 2.75) is 0 Å². The van der Waals surface area contributed by atoms with Crippen molar-refractivity contribution in [2.75, 3.05) is 32.5 Å². The first kappa shape index (κ1) is 19.5. The second-order valence-electron chi connectivity index (χ2n) is 6.62. The molecule has 0 unspecified atom stereocenters. The molecule has 8 heteroatoms. The van der Waals surface area contributed by atoms with Crippen molar-refractivity contribution in [3.05, 3.63) is 76.0 Å². The van der Waals surface area contributed by atoms with Gasteiger partial charge in [-0.3, -0.25) is 9.59 Å². The molecule has 0 amide bonds. The molecule has 152 valence electrons. The number of benzene rings is 2. The van der Waals surface area contributed by atoms with Gasteiger partial charge in [-0.2, -0.15) is 0 Å². The highest BCUT2D eigenvalue weighted by Crippen LogP contribution is 2.36. The molecule has 1 aliphatic carbocycles. The molecular formula is C22H17NO7. The van der Waals surface area contributed by atoms with Gasteiger partial charge in [0.1, 0.15) is 12.4 Å². The Hall–Kier alpha value is -3.78. The van der Waals surface area contributed by atoms with Crippen LogP contribution in [-0.2, 0) is 23.8 Å². The molecule has 0 fully saturated rings. The van der Waals surface area contributed by atoms with Gasteiger partial charge in [0.2, 0.25) is 0 Å². The average Bonchev–Trinajstić information content (AvgIpc) is 2.80. The molecule has 0 spiro atoms. The zero-order valence-electron chi connectivity index (χ0n) is 16.3. The van der Waals surface area contributed by atoms with Crippen LogP contribution in [0.15, 0.2) is 53.7 Å². The molecule has 0 atom stereocenters. The van der Waals surface area contributed by atoms with Gasteiger partial charge < -0.3 is 19.1 Å². The van der Waals surface area contributed by atoms with Gasteiger partial charge in [0.15, 0.2) is 11.6 Å². The number of ketones is 2. The largest absolute Gasteiger partial charge is 0.466 e. The van der Waals surface area contributed by atoms with E-state index < -0.39 is 11.9 Å². The summed E-state index contributed by atoms with van der Waals surface area (Å²) < 4.78 is 15.1. The van der Waals surface area contributed by atoms with Gasteiger partial charge >= 0.3 is 11.9 Å². The first-order chi connectivity index (χ1) is 14.5. The number of methoxy groups -OCH3 is 2. The normalized spacial score (nSPS) is 15.5. The van der Waals surface area contributed by atoms with E-state index >= 15 is 0 Å². The third-order valence-corrected chi connectivity index (χ3v) is 5.05. The quantitative estimate of drug-likeness (QED) is 0.607. The molecule has 2 aliphatic rings. The van der Waals surface area contributed by atoms with Gasteiger partial charge in [-0.1, -0.05) is 36.4 Å². The van der Waals surface area contributed by atoms with Crippen LogP contribution in [0.1, 0.15) is 31.8 Å². The molecule has 30 heavy (non-hydrogen) atoms. The van der Waals surface area contributed by atoms with Gasteiger partial charge in [0.05, 0.1) is 37.7 Å². The zero-order valence-corrected chi connectivity index (χ0v) is 16.3. The molecule has 2 aromatic carbocycles. The van der Waals surface area contributed by atoms with Crippen LogP contribution >= 0.6 is 0 Å². The lowest BCUT2D eigenvalue weighted by Gasteiger charge is -2.33. The minimum atomic E-state index is -0.786. The third kappa shape index (κ3) is 2.89. The van der Waals surface area contributed by atoms with Crippen LogP contribution in [0, 0.1) is 0 Å². The van der Waals surface area contributed by atoms with Crippen LogP contribution in [0.2, 0.25) is 0 Å². The highest BCUT2D eigenvalue weighted by Gasteiger charge is 2.37. The molecule has 0 N–H and O–H groups in total. The van der Waals surface area contributed by atoms with Crippen molar-refractivity contribution in [2.24, 2.45) is 0 Å². The summed E-state index contributed by atoms with van der Waals surface area (Å²) in [6, 6.07) is 11.3. The second-order valence-corrected chi connectivity index (χ2v) is 6.62. The van der Waals surface area contributed by atoms with E-state index in [1.807, 2.05) is 0 Å². The molecule has 0 saturated heterocycles. The maximum Gasteiger partial charge on any atom is 0.355 e. The molecule has 0 bridgehead atoms. The molecule has 0 aromatic heterocycles. The van der Waals surface area contributed by atoms with Crippen molar-refractivity contribution in [1.29, 1.82) is 0 Å². The van der Waals surface area contributed by atoms with Crippen molar-refractivity contribution in [3.63, 3.8) is 0 Å². The summed E-state index contributed by atoms with van der Waals surface area (Å²) in [4.78, 5) is 52.4. The summed E-state index contributed by atoms with van der Waals surface area (Å²) in [5.74, 6) is -2.19. The molecule has 2 aromatic rings. The third-order valence-electron chi connectivity index (χ3n) is 5.05. The van der Waals surface area contributed by atoms with Gasteiger partial charge in [-0.05, 0) is 6.07 Å². The Kier molecular flexibility index (Phi) is 4.93. The molecule has 8 nitrogen and oxygen atoms in total. The summed E-state index contributed by atoms with van der Waals surface area (Å²) in [7, 11) is 2.37. The van der Waals surface area contributed by atoms with E-state index in [4.69, 9.17) is 14.2 Å². The van der Waals surface area contributed by atoms with Gasteiger partial charge in [-0.15, -0.1) is 0 Å². The number of nitrogens with zero attached hydrogens (tertiary/aromatic N) is 1. The fourth-order valence-electron chi connectivity index (χ4n) is 3.69. The fraction of sp³-hybridized carbons (Fsp3) is 0.182. The highest BCUT2D eigenvalue weighted by atomic mass is 16.5. The molecule has 1 heterocycles. The van der Waals surface area contributed by atoms with E-state index in [0.717, 1.165) is 0 Å². The second kappa shape index (κ2) is 7.57. The summed E-state index contributed by atoms with van der Waals surface area (Å²) in [6.45, 7) is -0.275. The van der Waals surface area contributed by atoms with Crippen LogP contribution in [0.5, 0.6) is 0 Å². The van der Waals surface area contributed by atoms with E-state index in [9.17, 15) is 19.2 Å². The Balaban J connectivity index is 1.94. The van der Waals surface area contributed by atoms with Crippen LogP contribution in [-0.4, -0.2) is 51.1 Å². The van der Waals surface area contributed by atoms with E-state index in [1.54, 1.807) is 42.5 Å². The number of carbonyl (C=O) groups excluding carboxylic acids is 4. The Morgan fingerprint density at radius 2 is 1.50 bits per heavy atom. The molecular weight excluding hydrogens is 390 g/mol. The van der Waals surface area contributed by atoms with Crippen molar-refractivity contribution in [1.82, 2.24) is 0 Å². The predicted molar refractivity (Wildman–Crippen MR) is 104 cm³/mol. The number of ether oxygens (including phenoxy) is 3. The lowest BCUT2D eigenvalue weighted by Crippen LogP contribution is -2.40. The maximum absolute atomic E-state index is 13.3. The first-order valence-corrected chi connectivity index (χ1v) is 9.06. The fourth-order valence-corrected chi connectivity index (χ4v) is 3.69. The smallest absolute Gasteiger partial charge is 0.355 e. The number of fused-ring (bicyclic) bond motifs is 2. The van der Waals surface area contributed by atoms with Crippen LogP contribution in [0.25, 0.3) is 0 Å². The minimum absolute atomic E-state index is 0.0387. The van der Waals surface area contributed by atoms with Crippen LogP contribution < -0.4 is 4.90 Å². The zero-order chi connectivity index (χ0) is 21.4. The lowest BCUT2D eigenvalue weighted by molar-refractivity contribution is -0.140. The number of esters is 2. The van der Waals surface area contributed by atoms with E-state index in [0.29, 0.717) is 5.56 Å². The Morgan fingerprint density at radius 3 is 2.17 bits per heavy atom. The summed E-state index contributed by atoms with van der Waals surface area (Å²) >= 11 is 0. The van der Waals surface area contributed by atoms with Gasteiger partial charge in [0, 0.05) is 16.7 Å². The average molecular weight is 407 g/mol. The standard InChI is InChI=1S/C22H17NO7/c1-28-21(26)15-10-30-11-23(18(15)22(27)29-2)16-9-5-8-14-17(16)20(25)13-7-4-3-6-12(13)19(14)24/h3-9H,10-11H2,1-2H3. The topological polar surface area (TPSA) is 99.2 Å². The molecule has 0 radical (unpaired) electrons. The number of hydrogen-bond acceptors (Lipinski definition) is 8. The van der Waals surface area contributed by atoms with Crippen LogP contribution in [0.3, 0.4) is 0 Å². The van der Waals surface area contributed by atoms with Crippen molar-refractivity contribution in [3.8, 4) is 0 Å². The first-order valence-electron chi connectivity index (χ1n) is 9.06. The number of hydrogen-bond donors (Lipinski definition) is 0. The minimum Gasteiger partial charge on any atom is -0.466 e. The van der Waals surface area contributed by atoms with Crippen molar-refractivity contribution < 1.29 is 33.4 Å². The molecule has 1 aliphatic heterocycles. The summed E-state index contributed by atoms with van der Waals surface area (Å²) in [5.41, 5.74) is 1.08. The highest BCUT2D eigenvalue weighted by molar-refractivity contribution is 6.30. The Labute approximate surface area is 171 Å². The Morgan fingerprint density at radius 1 is 0.867 bits per heavy atom. The Bertz CT molecular complexity index is 1130. The van der Waals surface area contributed by atoms with Crippen LogP contribution in [0.4, 0.5) is 5.69 Å². The number of rotatable bonds is 3.